The van der Waals surface area contributed by atoms with E-state index in [4.69, 9.17) is 10.5 Å². The lowest BCUT2D eigenvalue weighted by Crippen LogP contribution is -2.29. The number of hydrogen-bond donors (Lipinski definition) is 1. The molecule has 0 heterocycles. The van der Waals surface area contributed by atoms with E-state index in [1.807, 2.05) is 24.3 Å². The molecule has 1 fully saturated rings. The van der Waals surface area contributed by atoms with E-state index < -0.39 is 0 Å². The number of nitrogens with zero attached hydrogens (tertiary/aromatic N) is 1. The number of ether oxygens (including phenoxy) is 1. The SMILES string of the molecule is COCCN(CCC1CCCCC1)Cc1ccc(C(N)=O)c(-c2ccccc2C)c1. The third-order valence-corrected chi connectivity index (χ3v) is 6.38. The van der Waals surface area contributed by atoms with Gasteiger partial charge in [0.2, 0.25) is 5.91 Å². The molecule has 30 heavy (non-hydrogen) atoms. The standard InChI is InChI=1S/C26H36N2O2/c1-20-8-6-7-11-23(20)25-18-22(12-13-24(25)26(27)29)19-28(16-17-30-2)15-14-21-9-4-3-5-10-21/h6-8,11-13,18,21H,3-5,9-10,14-17,19H2,1-2H3,(H2,27,29). The zero-order valence-electron chi connectivity index (χ0n) is 18.5. The number of methoxy groups -OCH3 is 1. The van der Waals surface area contributed by atoms with Crippen LogP contribution in [0.15, 0.2) is 42.5 Å². The smallest absolute Gasteiger partial charge is 0.249 e. The molecule has 0 spiro atoms. The van der Waals surface area contributed by atoms with Gasteiger partial charge in [-0.15, -0.1) is 0 Å². The van der Waals surface area contributed by atoms with Crippen molar-refractivity contribution in [2.75, 3.05) is 26.8 Å². The van der Waals surface area contributed by atoms with Gasteiger partial charge in [-0.1, -0.05) is 62.4 Å². The van der Waals surface area contributed by atoms with Crippen LogP contribution in [0, 0.1) is 12.8 Å². The summed E-state index contributed by atoms with van der Waals surface area (Å²) in [6, 6.07) is 14.2. The van der Waals surface area contributed by atoms with Crippen LogP contribution in [-0.4, -0.2) is 37.6 Å². The number of benzene rings is 2. The lowest BCUT2D eigenvalue weighted by Gasteiger charge is -2.27. The minimum atomic E-state index is -0.381. The van der Waals surface area contributed by atoms with Crippen LogP contribution in [0.3, 0.4) is 0 Å². The van der Waals surface area contributed by atoms with Crippen molar-refractivity contribution in [2.45, 2.75) is 52.0 Å². The highest BCUT2D eigenvalue weighted by Crippen LogP contribution is 2.29. The maximum absolute atomic E-state index is 12.1. The van der Waals surface area contributed by atoms with Gasteiger partial charge in [0.25, 0.3) is 0 Å². The fraction of sp³-hybridized carbons (Fsp3) is 0.500. The van der Waals surface area contributed by atoms with Crippen molar-refractivity contribution in [1.82, 2.24) is 4.90 Å². The Hall–Kier alpha value is -2.17. The van der Waals surface area contributed by atoms with Gasteiger partial charge < -0.3 is 10.5 Å². The molecule has 4 heteroatoms. The predicted molar refractivity (Wildman–Crippen MR) is 123 cm³/mol. The van der Waals surface area contributed by atoms with E-state index in [1.54, 1.807) is 7.11 Å². The van der Waals surface area contributed by atoms with E-state index in [0.717, 1.165) is 48.8 Å². The molecule has 2 N–H and O–H groups in total. The summed E-state index contributed by atoms with van der Waals surface area (Å²) in [5.74, 6) is 0.483. The van der Waals surface area contributed by atoms with Gasteiger partial charge in [0.15, 0.2) is 0 Å². The molecule has 1 aliphatic rings. The highest BCUT2D eigenvalue weighted by atomic mass is 16.5. The summed E-state index contributed by atoms with van der Waals surface area (Å²) < 4.78 is 5.36. The molecule has 162 valence electrons. The van der Waals surface area contributed by atoms with E-state index in [9.17, 15) is 4.79 Å². The second-order valence-electron chi connectivity index (χ2n) is 8.62. The highest BCUT2D eigenvalue weighted by molar-refractivity contribution is 6.00. The molecule has 4 nitrogen and oxygen atoms in total. The largest absolute Gasteiger partial charge is 0.383 e. The van der Waals surface area contributed by atoms with Crippen LogP contribution in [0.5, 0.6) is 0 Å². The molecule has 0 radical (unpaired) electrons. The Bertz CT molecular complexity index is 828. The molecule has 0 aromatic heterocycles. The van der Waals surface area contributed by atoms with Crippen molar-refractivity contribution >= 4 is 5.91 Å². The zero-order valence-corrected chi connectivity index (χ0v) is 18.5. The minimum Gasteiger partial charge on any atom is -0.383 e. The maximum Gasteiger partial charge on any atom is 0.249 e. The van der Waals surface area contributed by atoms with Gasteiger partial charge in [0.1, 0.15) is 0 Å². The van der Waals surface area contributed by atoms with E-state index in [0.29, 0.717) is 5.56 Å². The summed E-state index contributed by atoms with van der Waals surface area (Å²) in [6.45, 7) is 5.66. The lowest BCUT2D eigenvalue weighted by molar-refractivity contribution is 0.100. The van der Waals surface area contributed by atoms with Crippen LogP contribution in [0.2, 0.25) is 0 Å². The van der Waals surface area contributed by atoms with Crippen molar-refractivity contribution in [3.05, 3.63) is 59.2 Å². The first-order valence-corrected chi connectivity index (χ1v) is 11.3. The van der Waals surface area contributed by atoms with Crippen LogP contribution >= 0.6 is 0 Å². The van der Waals surface area contributed by atoms with Crippen LogP contribution in [-0.2, 0) is 11.3 Å². The number of amides is 1. The highest BCUT2D eigenvalue weighted by Gasteiger charge is 2.17. The first kappa shape index (κ1) is 22.5. The number of rotatable bonds is 10. The monoisotopic (exact) mass is 408 g/mol. The van der Waals surface area contributed by atoms with Gasteiger partial charge in [-0.2, -0.15) is 0 Å². The van der Waals surface area contributed by atoms with Gasteiger partial charge in [0, 0.05) is 25.8 Å². The second-order valence-corrected chi connectivity index (χ2v) is 8.62. The maximum atomic E-state index is 12.1. The average Bonchev–Trinajstić information content (AvgIpc) is 2.76. The number of nitrogens with two attached hydrogens (primary N) is 1. The van der Waals surface area contributed by atoms with E-state index in [2.05, 4.69) is 30.0 Å². The van der Waals surface area contributed by atoms with Crippen molar-refractivity contribution < 1.29 is 9.53 Å². The molecule has 3 rings (SSSR count). The molecule has 0 saturated heterocycles. The molecule has 0 bridgehead atoms. The fourth-order valence-corrected chi connectivity index (χ4v) is 4.59. The Morgan fingerprint density at radius 1 is 1.07 bits per heavy atom. The van der Waals surface area contributed by atoms with Gasteiger partial charge >= 0.3 is 0 Å². The van der Waals surface area contributed by atoms with Gasteiger partial charge in [-0.25, -0.2) is 0 Å². The normalized spacial score (nSPS) is 14.9. The Balaban J connectivity index is 1.78. The second kappa shape index (κ2) is 11.3. The van der Waals surface area contributed by atoms with Crippen molar-refractivity contribution in [3.63, 3.8) is 0 Å². The third kappa shape index (κ3) is 6.16. The van der Waals surface area contributed by atoms with Crippen LogP contribution in [0.1, 0.15) is 60.0 Å². The summed E-state index contributed by atoms with van der Waals surface area (Å²) in [5, 5.41) is 0. The number of aryl methyl sites for hydroxylation is 1. The molecule has 2 aromatic carbocycles. The van der Waals surface area contributed by atoms with Crippen molar-refractivity contribution in [1.29, 1.82) is 0 Å². The zero-order chi connectivity index (χ0) is 21.3. The molecule has 2 aromatic rings. The number of primary amides is 1. The summed E-state index contributed by atoms with van der Waals surface area (Å²) in [5.41, 5.74) is 10.6. The molecular weight excluding hydrogens is 372 g/mol. The molecule has 1 saturated carbocycles. The van der Waals surface area contributed by atoms with Crippen LogP contribution < -0.4 is 5.73 Å². The first-order chi connectivity index (χ1) is 14.6. The lowest BCUT2D eigenvalue weighted by atomic mass is 9.87. The Kier molecular flexibility index (Phi) is 8.47. The first-order valence-electron chi connectivity index (χ1n) is 11.3. The Morgan fingerprint density at radius 3 is 2.53 bits per heavy atom. The summed E-state index contributed by atoms with van der Waals surface area (Å²) in [6.07, 6.45) is 8.19. The third-order valence-electron chi connectivity index (χ3n) is 6.38. The Labute approximate surface area is 181 Å². The molecule has 1 aliphatic carbocycles. The quantitative estimate of drug-likeness (QED) is 0.589. The fourth-order valence-electron chi connectivity index (χ4n) is 4.59. The molecule has 0 aliphatic heterocycles. The average molecular weight is 409 g/mol. The number of carbonyl (C=O) groups excluding carboxylic acids is 1. The summed E-state index contributed by atoms with van der Waals surface area (Å²) in [7, 11) is 1.76. The molecular formula is C26H36N2O2. The number of hydrogen-bond acceptors (Lipinski definition) is 3. The van der Waals surface area contributed by atoms with Crippen molar-refractivity contribution in [3.8, 4) is 11.1 Å². The molecule has 0 unspecified atom stereocenters. The summed E-state index contributed by atoms with van der Waals surface area (Å²) >= 11 is 0. The van der Waals surface area contributed by atoms with Crippen LogP contribution in [0.25, 0.3) is 11.1 Å². The Morgan fingerprint density at radius 2 is 1.83 bits per heavy atom. The van der Waals surface area contributed by atoms with Gasteiger partial charge in [0.05, 0.1) is 6.61 Å². The van der Waals surface area contributed by atoms with Gasteiger partial charge in [-0.3, -0.25) is 9.69 Å². The molecule has 1 amide bonds. The van der Waals surface area contributed by atoms with Gasteiger partial charge in [-0.05, 0) is 60.2 Å². The van der Waals surface area contributed by atoms with Crippen LogP contribution in [0.4, 0.5) is 0 Å². The summed E-state index contributed by atoms with van der Waals surface area (Å²) in [4.78, 5) is 14.5. The predicted octanol–water partition coefficient (Wildman–Crippen LogP) is 5.18. The molecule has 0 atom stereocenters. The minimum absolute atomic E-state index is 0.381. The topological polar surface area (TPSA) is 55.6 Å². The van der Waals surface area contributed by atoms with E-state index >= 15 is 0 Å². The van der Waals surface area contributed by atoms with E-state index in [-0.39, 0.29) is 5.91 Å². The van der Waals surface area contributed by atoms with E-state index in [1.165, 1.54) is 44.1 Å². The number of carbonyl (C=O) groups is 1. The van der Waals surface area contributed by atoms with Crippen molar-refractivity contribution in [2.24, 2.45) is 11.7 Å².